The minimum Gasteiger partial charge on any atom is -0.393 e. The highest BCUT2D eigenvalue weighted by Crippen LogP contribution is 2.69. The summed E-state index contributed by atoms with van der Waals surface area (Å²) in [6, 6.07) is 0. The zero-order valence-corrected chi connectivity index (χ0v) is 24.2. The number of hydrogen-bond donors (Lipinski definition) is 1. The number of allylic oxidation sites excluding steroid dienone is 4. The minimum absolute atomic E-state index is 0.0161. The Balaban J connectivity index is 0.000000845. The van der Waals surface area contributed by atoms with Crippen LogP contribution in [0.4, 0.5) is 0 Å². The van der Waals surface area contributed by atoms with Crippen LogP contribution in [0.1, 0.15) is 85.5 Å². The Kier molecular flexibility index (Phi) is 9.07. The van der Waals surface area contributed by atoms with Crippen LogP contribution < -0.4 is 0 Å². The molecule has 7 heteroatoms. The summed E-state index contributed by atoms with van der Waals surface area (Å²) in [5, 5.41) is 11.8. The van der Waals surface area contributed by atoms with E-state index in [4.69, 9.17) is 23.8 Å². The number of aliphatic hydroxyl groups excluding tert-OH is 1. The summed E-state index contributed by atoms with van der Waals surface area (Å²) in [5.41, 5.74) is 0.242. The average molecular weight is 545 g/mol. The number of rotatable bonds is 4. The van der Waals surface area contributed by atoms with Gasteiger partial charge in [-0.05, 0) is 76.4 Å². The van der Waals surface area contributed by atoms with Crippen molar-refractivity contribution in [3.05, 3.63) is 23.8 Å². The molecule has 6 rings (SSSR count). The molecular formula is C32H48O7. The predicted molar refractivity (Wildman–Crippen MR) is 148 cm³/mol. The van der Waals surface area contributed by atoms with Crippen molar-refractivity contribution in [2.24, 2.45) is 34.5 Å². The fourth-order valence-electron chi connectivity index (χ4n) is 9.35. The molecule has 0 radical (unpaired) electrons. The van der Waals surface area contributed by atoms with Crippen LogP contribution in [0, 0.1) is 34.5 Å². The molecule has 0 aromatic carbocycles. The van der Waals surface area contributed by atoms with Crippen molar-refractivity contribution in [3.8, 4) is 0 Å². The van der Waals surface area contributed by atoms with Crippen LogP contribution in [-0.2, 0) is 28.6 Å². The first kappa shape index (κ1) is 30.3. The standard InChI is InChI=1S/C30H44O5.2CH2O/c1-18(2)33-17-30-25(34-27(35-30)19-8-6-5-7-9-19)15-23-22-11-10-20-14-21(31)12-13-28(20,3)26(22)24(32)16-29(23,30)4;2*1-2/h12-14,18-19,22-27,32H,5-11,15-17H2,1-4H3;2*1H2. The molecule has 1 heterocycles. The second kappa shape index (κ2) is 11.7. The van der Waals surface area contributed by atoms with Gasteiger partial charge in [-0.3, -0.25) is 4.79 Å². The van der Waals surface area contributed by atoms with Gasteiger partial charge in [-0.1, -0.05) is 44.8 Å². The molecule has 0 bridgehead atoms. The van der Waals surface area contributed by atoms with Crippen molar-refractivity contribution in [1.29, 1.82) is 0 Å². The molecule has 5 aliphatic carbocycles. The molecule has 6 aliphatic rings. The topological polar surface area (TPSA) is 99.1 Å². The Labute approximate surface area is 233 Å². The normalized spacial score (nSPS) is 44.6. The van der Waals surface area contributed by atoms with Gasteiger partial charge < -0.3 is 28.9 Å². The van der Waals surface area contributed by atoms with E-state index in [1.165, 1.54) is 37.7 Å². The summed E-state index contributed by atoms with van der Waals surface area (Å²) < 4.78 is 20.2. The van der Waals surface area contributed by atoms with Gasteiger partial charge in [0.1, 0.15) is 19.2 Å². The highest BCUT2D eigenvalue weighted by Gasteiger charge is 2.73. The smallest absolute Gasteiger partial charge is 0.178 e. The van der Waals surface area contributed by atoms with Gasteiger partial charge in [0.15, 0.2) is 12.1 Å². The predicted octanol–water partition coefficient (Wildman–Crippen LogP) is 4.99. The number of carbonyl (C=O) groups excluding carboxylic acids is 3. The minimum atomic E-state index is -0.509. The van der Waals surface area contributed by atoms with Gasteiger partial charge in [0.2, 0.25) is 0 Å². The maximum absolute atomic E-state index is 12.1. The maximum atomic E-state index is 12.1. The van der Waals surface area contributed by atoms with Gasteiger partial charge in [-0.25, -0.2) is 0 Å². The Bertz CT molecular complexity index is 952. The number of ketones is 1. The van der Waals surface area contributed by atoms with E-state index in [0.717, 1.165) is 19.3 Å². The zero-order valence-electron chi connectivity index (χ0n) is 24.2. The van der Waals surface area contributed by atoms with Crippen LogP contribution >= 0.6 is 0 Å². The van der Waals surface area contributed by atoms with E-state index < -0.39 is 11.7 Å². The molecule has 0 spiro atoms. The van der Waals surface area contributed by atoms with E-state index in [2.05, 4.69) is 33.8 Å². The summed E-state index contributed by atoms with van der Waals surface area (Å²) in [6.07, 6.45) is 15.0. The van der Waals surface area contributed by atoms with Crippen molar-refractivity contribution in [3.63, 3.8) is 0 Å². The van der Waals surface area contributed by atoms with Crippen molar-refractivity contribution in [1.82, 2.24) is 0 Å². The third-order valence-corrected chi connectivity index (χ3v) is 11.1. The lowest BCUT2D eigenvalue weighted by molar-refractivity contribution is -0.224. The van der Waals surface area contributed by atoms with Crippen LogP contribution in [-0.4, -0.2) is 61.3 Å². The average Bonchev–Trinajstić information content (AvgIpc) is 3.42. The van der Waals surface area contributed by atoms with Crippen LogP contribution in [0.15, 0.2) is 23.8 Å². The molecule has 1 N–H and O–H groups in total. The number of ether oxygens (including phenoxy) is 3. The molecule has 1 saturated heterocycles. The van der Waals surface area contributed by atoms with Gasteiger partial charge in [-0.2, -0.15) is 0 Å². The van der Waals surface area contributed by atoms with Crippen LogP contribution in [0.3, 0.4) is 0 Å². The molecule has 5 fully saturated rings. The van der Waals surface area contributed by atoms with Crippen molar-refractivity contribution in [2.45, 2.75) is 116 Å². The van der Waals surface area contributed by atoms with Crippen LogP contribution in [0.2, 0.25) is 0 Å². The first-order valence-electron chi connectivity index (χ1n) is 14.8. The molecular weight excluding hydrogens is 496 g/mol. The van der Waals surface area contributed by atoms with Gasteiger partial charge in [0.25, 0.3) is 0 Å². The van der Waals surface area contributed by atoms with E-state index in [1.54, 1.807) is 6.08 Å². The van der Waals surface area contributed by atoms with Crippen LogP contribution in [0.25, 0.3) is 0 Å². The quantitative estimate of drug-likeness (QED) is 0.532. The number of fused-ring (bicyclic) bond motifs is 7. The molecule has 1 aliphatic heterocycles. The first-order valence-corrected chi connectivity index (χ1v) is 14.8. The maximum Gasteiger partial charge on any atom is 0.178 e. The third kappa shape index (κ3) is 4.81. The lowest BCUT2D eigenvalue weighted by atomic mass is 9.46. The summed E-state index contributed by atoms with van der Waals surface area (Å²) >= 11 is 0. The van der Waals surface area contributed by atoms with Gasteiger partial charge in [-0.15, -0.1) is 0 Å². The second-order valence-corrected chi connectivity index (χ2v) is 13.2. The van der Waals surface area contributed by atoms with E-state index in [-0.39, 0.29) is 41.0 Å². The fraction of sp³-hybridized carbons (Fsp3) is 0.781. The van der Waals surface area contributed by atoms with Crippen LogP contribution in [0.5, 0.6) is 0 Å². The van der Waals surface area contributed by atoms with Crippen molar-refractivity contribution >= 4 is 19.4 Å². The lowest BCUT2D eigenvalue weighted by Gasteiger charge is -2.60. The van der Waals surface area contributed by atoms with Gasteiger partial charge in [0.05, 0.1) is 24.9 Å². The van der Waals surface area contributed by atoms with Crippen molar-refractivity contribution in [2.75, 3.05) is 6.61 Å². The Morgan fingerprint density at radius 3 is 2.46 bits per heavy atom. The molecule has 9 atom stereocenters. The van der Waals surface area contributed by atoms with Gasteiger partial charge >= 0.3 is 0 Å². The molecule has 0 aromatic rings. The molecule has 0 aromatic heterocycles. The molecule has 218 valence electrons. The summed E-state index contributed by atoms with van der Waals surface area (Å²) in [4.78, 5) is 28.1. The molecule has 39 heavy (non-hydrogen) atoms. The monoisotopic (exact) mass is 544 g/mol. The lowest BCUT2D eigenvalue weighted by Crippen LogP contribution is -2.62. The third-order valence-electron chi connectivity index (χ3n) is 11.1. The molecule has 7 nitrogen and oxygen atoms in total. The second-order valence-electron chi connectivity index (χ2n) is 13.2. The Hall–Kier alpha value is -1.67. The summed E-state index contributed by atoms with van der Waals surface area (Å²) in [7, 11) is 0. The van der Waals surface area contributed by atoms with E-state index in [1.807, 2.05) is 19.7 Å². The fourth-order valence-corrected chi connectivity index (χ4v) is 9.35. The first-order chi connectivity index (χ1) is 18.7. The number of hydrogen-bond acceptors (Lipinski definition) is 7. The molecule has 0 amide bonds. The highest BCUT2D eigenvalue weighted by atomic mass is 16.7. The van der Waals surface area contributed by atoms with Crippen molar-refractivity contribution < 1.29 is 33.7 Å². The highest BCUT2D eigenvalue weighted by molar-refractivity contribution is 6.01. The zero-order chi connectivity index (χ0) is 28.6. The molecule has 4 saturated carbocycles. The summed E-state index contributed by atoms with van der Waals surface area (Å²) in [6.45, 7) is 13.3. The summed E-state index contributed by atoms with van der Waals surface area (Å²) in [5.74, 6) is 1.47. The van der Waals surface area contributed by atoms with E-state index in [9.17, 15) is 9.90 Å². The van der Waals surface area contributed by atoms with E-state index >= 15 is 0 Å². The number of carbonyl (C=O) groups is 3. The SMILES string of the molecule is C=O.C=O.CC(C)OCC12OC(C3CCCCC3)OC1CC1C3CCC4=CC(=O)C=CC4(C)C3C(O)CC12C. The number of aliphatic hydroxyl groups is 1. The Morgan fingerprint density at radius 2 is 1.79 bits per heavy atom. The molecule has 9 unspecified atom stereocenters. The van der Waals surface area contributed by atoms with Gasteiger partial charge in [0, 0.05) is 22.7 Å². The largest absolute Gasteiger partial charge is 0.393 e. The van der Waals surface area contributed by atoms with E-state index in [0.29, 0.717) is 30.8 Å². The Morgan fingerprint density at radius 1 is 1.10 bits per heavy atom.